The van der Waals surface area contributed by atoms with Crippen molar-refractivity contribution >= 4 is 17.6 Å². The largest absolute Gasteiger partial charge is 0.497 e. The van der Waals surface area contributed by atoms with Gasteiger partial charge in [-0.2, -0.15) is 0 Å². The number of benzene rings is 2. The molecule has 110 valence electrons. The molecule has 0 saturated carbocycles. The maximum atomic E-state index is 11.3. The number of methoxy groups -OCH3 is 1. The molecule has 0 bridgehead atoms. The Labute approximate surface area is 127 Å². The van der Waals surface area contributed by atoms with Crippen LogP contribution in [0.15, 0.2) is 48.5 Å². The molecule has 2 rings (SSSR count). The van der Waals surface area contributed by atoms with E-state index in [1.54, 1.807) is 43.5 Å². The van der Waals surface area contributed by atoms with Crippen LogP contribution in [0.1, 0.15) is 5.56 Å². The molecule has 0 spiro atoms. The van der Waals surface area contributed by atoms with Crippen LogP contribution in [-0.4, -0.2) is 24.3 Å². The normalized spacial score (nSPS) is 11.7. The van der Waals surface area contributed by atoms with E-state index in [0.717, 1.165) is 11.3 Å². The molecular weight excluding hydrogens is 292 g/mol. The van der Waals surface area contributed by atoms with E-state index < -0.39 is 12.1 Å². The Morgan fingerprint density at radius 3 is 2.43 bits per heavy atom. The molecule has 5 heteroatoms. The zero-order chi connectivity index (χ0) is 15.2. The number of aliphatic carboxylic acids is 1. The molecule has 0 aromatic heterocycles. The number of hydrogen-bond acceptors (Lipinski definition) is 3. The lowest BCUT2D eigenvalue weighted by molar-refractivity contribution is -0.145. The predicted octanol–water partition coefficient (Wildman–Crippen LogP) is 3.42. The van der Waals surface area contributed by atoms with Crippen LogP contribution >= 0.6 is 11.6 Å². The Kier molecular flexibility index (Phi) is 5.06. The number of hydrogen-bond donors (Lipinski definition) is 1. The number of para-hydroxylation sites is 1. The standard InChI is InChI=1S/C16H15ClO4/c1-20-12-8-6-11(7-9-12)10-15(16(18)19)21-14-5-3-2-4-13(14)17/h2-9,15H,10H2,1H3,(H,18,19). The molecule has 0 amide bonds. The van der Waals surface area contributed by atoms with Gasteiger partial charge in [0.2, 0.25) is 0 Å². The molecule has 0 radical (unpaired) electrons. The summed E-state index contributed by atoms with van der Waals surface area (Å²) in [6, 6.07) is 14.0. The first-order chi connectivity index (χ1) is 10.1. The summed E-state index contributed by atoms with van der Waals surface area (Å²) in [7, 11) is 1.58. The van der Waals surface area contributed by atoms with Crippen LogP contribution in [0.3, 0.4) is 0 Å². The van der Waals surface area contributed by atoms with Gasteiger partial charge in [-0.25, -0.2) is 4.79 Å². The second-order valence-corrected chi connectivity index (χ2v) is 4.83. The number of carboxylic acids is 1. The Hall–Kier alpha value is -2.20. The van der Waals surface area contributed by atoms with Gasteiger partial charge in [0, 0.05) is 6.42 Å². The molecule has 0 aliphatic carbocycles. The van der Waals surface area contributed by atoms with Gasteiger partial charge in [-0.1, -0.05) is 35.9 Å². The lowest BCUT2D eigenvalue weighted by Crippen LogP contribution is -2.29. The van der Waals surface area contributed by atoms with Crippen molar-refractivity contribution in [2.75, 3.05) is 7.11 Å². The summed E-state index contributed by atoms with van der Waals surface area (Å²) < 4.78 is 10.6. The Morgan fingerprint density at radius 2 is 1.86 bits per heavy atom. The highest BCUT2D eigenvalue weighted by molar-refractivity contribution is 6.32. The highest BCUT2D eigenvalue weighted by atomic mass is 35.5. The molecule has 0 fully saturated rings. The van der Waals surface area contributed by atoms with E-state index in [4.69, 9.17) is 21.1 Å². The van der Waals surface area contributed by atoms with Crippen molar-refractivity contribution in [3.05, 3.63) is 59.1 Å². The van der Waals surface area contributed by atoms with Crippen molar-refractivity contribution in [2.24, 2.45) is 0 Å². The van der Waals surface area contributed by atoms with Gasteiger partial charge in [0.15, 0.2) is 6.10 Å². The van der Waals surface area contributed by atoms with Gasteiger partial charge in [-0.3, -0.25) is 0 Å². The summed E-state index contributed by atoms with van der Waals surface area (Å²) in [5, 5.41) is 9.68. The fourth-order valence-corrected chi connectivity index (χ4v) is 2.03. The Bertz CT molecular complexity index is 610. The summed E-state index contributed by atoms with van der Waals surface area (Å²) in [6.07, 6.45) is -0.761. The number of carboxylic acid groups (broad SMARTS) is 1. The minimum atomic E-state index is -1.04. The van der Waals surface area contributed by atoms with Gasteiger partial charge >= 0.3 is 5.97 Å². The molecule has 1 unspecified atom stereocenters. The van der Waals surface area contributed by atoms with Crippen molar-refractivity contribution < 1.29 is 19.4 Å². The number of carbonyl (C=O) groups is 1. The van der Waals surface area contributed by atoms with Crippen LogP contribution in [0.4, 0.5) is 0 Å². The van der Waals surface area contributed by atoms with Gasteiger partial charge in [-0.15, -0.1) is 0 Å². The zero-order valence-electron chi connectivity index (χ0n) is 11.5. The third-order valence-electron chi connectivity index (χ3n) is 2.96. The number of rotatable bonds is 6. The third-order valence-corrected chi connectivity index (χ3v) is 3.27. The molecule has 4 nitrogen and oxygen atoms in total. The predicted molar refractivity (Wildman–Crippen MR) is 80.2 cm³/mol. The first-order valence-corrected chi connectivity index (χ1v) is 6.75. The highest BCUT2D eigenvalue weighted by Gasteiger charge is 2.21. The van der Waals surface area contributed by atoms with E-state index >= 15 is 0 Å². The average molecular weight is 307 g/mol. The summed E-state index contributed by atoms with van der Waals surface area (Å²) in [4.78, 5) is 11.3. The van der Waals surface area contributed by atoms with Crippen molar-refractivity contribution in [1.29, 1.82) is 0 Å². The summed E-state index contributed by atoms with van der Waals surface area (Å²) >= 11 is 5.98. The topological polar surface area (TPSA) is 55.8 Å². The maximum Gasteiger partial charge on any atom is 0.345 e. The first-order valence-electron chi connectivity index (χ1n) is 6.37. The van der Waals surface area contributed by atoms with Crippen molar-refractivity contribution in [1.82, 2.24) is 0 Å². The van der Waals surface area contributed by atoms with Crippen molar-refractivity contribution in [2.45, 2.75) is 12.5 Å². The highest BCUT2D eigenvalue weighted by Crippen LogP contribution is 2.25. The first kappa shape index (κ1) is 15.2. The lowest BCUT2D eigenvalue weighted by atomic mass is 10.1. The summed E-state index contributed by atoms with van der Waals surface area (Å²) in [5.41, 5.74) is 0.843. The molecule has 1 atom stereocenters. The lowest BCUT2D eigenvalue weighted by Gasteiger charge is -2.16. The van der Waals surface area contributed by atoms with E-state index in [1.165, 1.54) is 0 Å². The van der Waals surface area contributed by atoms with Crippen LogP contribution in [0, 0.1) is 0 Å². The summed E-state index contributed by atoms with van der Waals surface area (Å²) in [5.74, 6) is 0.0449. The van der Waals surface area contributed by atoms with E-state index in [-0.39, 0.29) is 6.42 Å². The van der Waals surface area contributed by atoms with Crippen molar-refractivity contribution in [3.63, 3.8) is 0 Å². The molecule has 0 saturated heterocycles. The van der Waals surface area contributed by atoms with Crippen LogP contribution in [0.2, 0.25) is 5.02 Å². The fourth-order valence-electron chi connectivity index (χ4n) is 1.85. The monoisotopic (exact) mass is 306 g/mol. The zero-order valence-corrected chi connectivity index (χ0v) is 12.2. The van der Waals surface area contributed by atoms with E-state index in [2.05, 4.69) is 0 Å². The third kappa shape index (κ3) is 4.13. The van der Waals surface area contributed by atoms with Gasteiger partial charge in [-0.05, 0) is 29.8 Å². The van der Waals surface area contributed by atoms with Gasteiger partial charge < -0.3 is 14.6 Å². The molecular formula is C16H15ClO4. The molecule has 2 aromatic rings. The molecule has 0 aliphatic rings. The van der Waals surface area contributed by atoms with E-state index in [1.807, 2.05) is 12.1 Å². The van der Waals surface area contributed by atoms with Gasteiger partial charge in [0.25, 0.3) is 0 Å². The fraction of sp³-hybridized carbons (Fsp3) is 0.188. The van der Waals surface area contributed by atoms with E-state index in [0.29, 0.717) is 10.8 Å². The van der Waals surface area contributed by atoms with Crippen LogP contribution < -0.4 is 9.47 Å². The molecule has 0 aliphatic heterocycles. The van der Waals surface area contributed by atoms with Gasteiger partial charge in [0.05, 0.1) is 12.1 Å². The molecule has 21 heavy (non-hydrogen) atoms. The minimum absolute atomic E-state index is 0.241. The molecule has 0 heterocycles. The Balaban J connectivity index is 2.12. The Morgan fingerprint density at radius 1 is 1.19 bits per heavy atom. The molecule has 1 N–H and O–H groups in total. The summed E-state index contributed by atoms with van der Waals surface area (Å²) in [6.45, 7) is 0. The second-order valence-electron chi connectivity index (χ2n) is 4.43. The smallest absolute Gasteiger partial charge is 0.345 e. The van der Waals surface area contributed by atoms with Crippen LogP contribution in [0.25, 0.3) is 0 Å². The minimum Gasteiger partial charge on any atom is -0.497 e. The molecule has 2 aromatic carbocycles. The number of ether oxygens (including phenoxy) is 2. The SMILES string of the molecule is COc1ccc(CC(Oc2ccccc2Cl)C(=O)O)cc1. The quantitative estimate of drug-likeness (QED) is 0.888. The number of halogens is 1. The average Bonchev–Trinajstić information content (AvgIpc) is 2.49. The second kappa shape index (κ2) is 6.99. The van der Waals surface area contributed by atoms with E-state index in [9.17, 15) is 9.90 Å². The van der Waals surface area contributed by atoms with Crippen LogP contribution in [-0.2, 0) is 11.2 Å². The van der Waals surface area contributed by atoms with Crippen molar-refractivity contribution in [3.8, 4) is 11.5 Å². The van der Waals surface area contributed by atoms with Gasteiger partial charge in [0.1, 0.15) is 11.5 Å². The van der Waals surface area contributed by atoms with Crippen LogP contribution in [0.5, 0.6) is 11.5 Å². The maximum absolute atomic E-state index is 11.3.